The molecule has 0 radical (unpaired) electrons. The number of Topliss-reactive ketones (excluding diaryl/α,β-unsaturated/α-hetero) is 1. The van der Waals surface area contributed by atoms with Gasteiger partial charge in [0.1, 0.15) is 17.3 Å². The average Bonchev–Trinajstić information content (AvgIpc) is 3.45. The molecule has 1 N–H and O–H groups in total. The molecule has 2 heterocycles. The quantitative estimate of drug-likeness (QED) is 0.325. The molecule has 2 aliphatic heterocycles. The number of hydrogen-bond donors (Lipinski definition) is 1. The minimum atomic E-state index is -0.771. The lowest BCUT2D eigenvalue weighted by atomic mass is 9.93. The summed E-state index contributed by atoms with van der Waals surface area (Å²) in [6, 6.07) is 10.0. The first-order valence-corrected chi connectivity index (χ1v) is 12.1. The fourth-order valence-corrected chi connectivity index (χ4v) is 4.91. The minimum absolute atomic E-state index is 0.00651. The number of ether oxygens (including phenoxy) is 3. The molecule has 2 fully saturated rings. The lowest BCUT2D eigenvalue weighted by molar-refractivity contribution is -0.140. The molecule has 1 amide bonds. The number of aliphatic hydroxyl groups is 1. The molecular weight excluding hydrogens is 470 g/mol. The van der Waals surface area contributed by atoms with E-state index in [1.165, 1.54) is 31.3 Å². The van der Waals surface area contributed by atoms with Gasteiger partial charge in [-0.15, -0.1) is 0 Å². The number of carbonyl (C=O) groups is 2. The van der Waals surface area contributed by atoms with E-state index >= 15 is 0 Å². The molecule has 4 rings (SSSR count). The van der Waals surface area contributed by atoms with E-state index in [0.717, 1.165) is 24.0 Å². The highest BCUT2D eigenvalue weighted by Gasteiger charge is 2.47. The molecule has 0 spiro atoms. The molecule has 7 nitrogen and oxygen atoms in total. The smallest absolute Gasteiger partial charge is 0.295 e. The van der Waals surface area contributed by atoms with Gasteiger partial charge in [-0.1, -0.05) is 49.7 Å². The summed E-state index contributed by atoms with van der Waals surface area (Å²) in [6.45, 7) is 5.08. The van der Waals surface area contributed by atoms with Crippen LogP contribution in [0.3, 0.4) is 0 Å². The van der Waals surface area contributed by atoms with Gasteiger partial charge in [0, 0.05) is 19.2 Å². The van der Waals surface area contributed by atoms with Crippen molar-refractivity contribution in [1.29, 1.82) is 0 Å². The highest BCUT2D eigenvalue weighted by atomic mass is 35.5. The molecular formula is C27H30ClNO6. The first-order valence-electron chi connectivity index (χ1n) is 11.7. The van der Waals surface area contributed by atoms with E-state index in [2.05, 4.69) is 13.8 Å². The molecule has 35 heavy (non-hydrogen) atoms. The van der Waals surface area contributed by atoms with Crippen LogP contribution < -0.4 is 9.47 Å². The van der Waals surface area contributed by atoms with E-state index in [1.54, 1.807) is 0 Å². The van der Waals surface area contributed by atoms with Crippen molar-refractivity contribution in [2.24, 2.45) is 0 Å². The summed E-state index contributed by atoms with van der Waals surface area (Å²) in [6.07, 6.45) is 1.56. The summed E-state index contributed by atoms with van der Waals surface area (Å²) in [7, 11) is 2.89. The molecule has 2 unspecified atom stereocenters. The van der Waals surface area contributed by atoms with E-state index in [4.69, 9.17) is 25.8 Å². The van der Waals surface area contributed by atoms with Crippen LogP contribution in [0.5, 0.6) is 11.5 Å². The Bertz CT molecular complexity index is 1150. The third kappa shape index (κ3) is 4.75. The molecule has 2 aliphatic rings. The zero-order valence-corrected chi connectivity index (χ0v) is 21.1. The molecule has 186 valence electrons. The van der Waals surface area contributed by atoms with Crippen LogP contribution in [-0.2, 0) is 14.3 Å². The number of ketones is 1. The Morgan fingerprint density at radius 2 is 1.83 bits per heavy atom. The van der Waals surface area contributed by atoms with Crippen molar-refractivity contribution in [3.05, 3.63) is 63.7 Å². The summed E-state index contributed by atoms with van der Waals surface area (Å²) in [5, 5.41) is 11.7. The Morgan fingerprint density at radius 1 is 1.14 bits per heavy atom. The minimum Gasteiger partial charge on any atom is -0.507 e. The highest BCUT2D eigenvalue weighted by Crippen LogP contribution is 2.43. The molecule has 0 bridgehead atoms. The number of nitrogens with zero attached hydrogens (tertiary/aromatic N) is 1. The summed E-state index contributed by atoms with van der Waals surface area (Å²) < 4.78 is 16.5. The Balaban J connectivity index is 1.88. The van der Waals surface area contributed by atoms with E-state index in [9.17, 15) is 14.7 Å². The van der Waals surface area contributed by atoms with Crippen LogP contribution in [0.2, 0.25) is 5.02 Å². The number of amides is 1. The van der Waals surface area contributed by atoms with Crippen molar-refractivity contribution >= 4 is 29.1 Å². The first kappa shape index (κ1) is 25.1. The van der Waals surface area contributed by atoms with Crippen LogP contribution in [0.4, 0.5) is 0 Å². The Morgan fingerprint density at radius 3 is 2.40 bits per heavy atom. The predicted octanol–water partition coefficient (Wildman–Crippen LogP) is 5.08. The van der Waals surface area contributed by atoms with E-state index in [0.29, 0.717) is 23.3 Å². The van der Waals surface area contributed by atoms with Crippen LogP contribution in [0.25, 0.3) is 5.76 Å². The number of halogens is 1. The molecule has 2 saturated heterocycles. The zero-order valence-electron chi connectivity index (χ0n) is 20.3. The average molecular weight is 500 g/mol. The maximum atomic E-state index is 13.3. The first-order chi connectivity index (χ1) is 16.8. The number of rotatable bonds is 7. The highest BCUT2D eigenvalue weighted by molar-refractivity contribution is 6.46. The Labute approximate surface area is 210 Å². The van der Waals surface area contributed by atoms with Crippen LogP contribution in [0.1, 0.15) is 55.3 Å². The molecule has 0 aromatic heterocycles. The number of benzene rings is 2. The van der Waals surface area contributed by atoms with Crippen molar-refractivity contribution in [3.8, 4) is 11.5 Å². The number of methoxy groups -OCH3 is 2. The summed E-state index contributed by atoms with van der Waals surface area (Å²) in [5.74, 6) is -0.877. The van der Waals surface area contributed by atoms with Gasteiger partial charge in [-0.05, 0) is 36.0 Å². The number of likely N-dealkylation sites (tertiary alicyclic amines) is 1. The van der Waals surface area contributed by atoms with Crippen LogP contribution in [0.15, 0.2) is 42.0 Å². The largest absolute Gasteiger partial charge is 0.507 e. The van der Waals surface area contributed by atoms with Crippen LogP contribution in [-0.4, -0.2) is 55.2 Å². The predicted molar refractivity (Wildman–Crippen MR) is 133 cm³/mol. The summed E-state index contributed by atoms with van der Waals surface area (Å²) in [4.78, 5) is 28.1. The van der Waals surface area contributed by atoms with Gasteiger partial charge in [0.2, 0.25) is 0 Å². The molecule has 2 atom stereocenters. The lowest BCUT2D eigenvalue weighted by Gasteiger charge is -2.28. The van der Waals surface area contributed by atoms with Gasteiger partial charge in [0.15, 0.2) is 0 Å². The molecule has 2 aromatic carbocycles. The van der Waals surface area contributed by atoms with Gasteiger partial charge in [-0.25, -0.2) is 0 Å². The standard InChI is InChI=1S/C27H30ClNO6/c1-15(2)16-7-9-17(10-8-16)24-23(26(31)27(32)29(24)14-18-6-5-11-35-18)25(30)19-12-22(34-4)20(28)13-21(19)33-3/h7-10,12-13,15,18,24,30H,5-6,11,14H2,1-4H3/b25-23+. The van der Waals surface area contributed by atoms with Crippen LogP contribution in [0, 0.1) is 0 Å². The van der Waals surface area contributed by atoms with Gasteiger partial charge >= 0.3 is 0 Å². The van der Waals surface area contributed by atoms with E-state index in [-0.39, 0.29) is 35.3 Å². The second-order valence-corrected chi connectivity index (χ2v) is 9.50. The monoisotopic (exact) mass is 499 g/mol. The number of carbonyl (C=O) groups excluding carboxylic acids is 2. The van der Waals surface area contributed by atoms with Crippen molar-refractivity contribution in [1.82, 2.24) is 4.90 Å². The Kier molecular flexibility index (Phi) is 7.38. The zero-order chi connectivity index (χ0) is 25.3. The molecule has 2 aromatic rings. The Hall–Kier alpha value is -3.03. The second kappa shape index (κ2) is 10.3. The van der Waals surface area contributed by atoms with Crippen molar-refractivity contribution in [2.45, 2.75) is 44.8 Å². The SMILES string of the molecule is COc1cc(/C(O)=C2\C(=O)C(=O)N(CC3CCCO3)C2c2ccc(C(C)C)cc2)c(OC)cc1Cl. The van der Waals surface area contributed by atoms with E-state index < -0.39 is 17.7 Å². The van der Waals surface area contributed by atoms with Crippen molar-refractivity contribution in [3.63, 3.8) is 0 Å². The third-order valence-corrected chi connectivity index (χ3v) is 6.91. The van der Waals surface area contributed by atoms with E-state index in [1.807, 2.05) is 24.3 Å². The van der Waals surface area contributed by atoms with Crippen LogP contribution >= 0.6 is 11.6 Å². The summed E-state index contributed by atoms with van der Waals surface area (Å²) in [5.41, 5.74) is 2.07. The molecule has 8 heteroatoms. The lowest BCUT2D eigenvalue weighted by Crippen LogP contribution is -2.36. The van der Waals surface area contributed by atoms with Gasteiger partial charge in [-0.3, -0.25) is 9.59 Å². The normalized spacial score (nSPS) is 21.7. The topological polar surface area (TPSA) is 85.3 Å². The maximum Gasteiger partial charge on any atom is 0.295 e. The van der Waals surface area contributed by atoms with Gasteiger partial charge in [0.25, 0.3) is 11.7 Å². The fourth-order valence-electron chi connectivity index (χ4n) is 4.68. The van der Waals surface area contributed by atoms with Gasteiger partial charge < -0.3 is 24.2 Å². The summed E-state index contributed by atoms with van der Waals surface area (Å²) >= 11 is 6.23. The fraction of sp³-hybridized carbons (Fsp3) is 0.407. The van der Waals surface area contributed by atoms with Crippen molar-refractivity contribution < 1.29 is 28.9 Å². The second-order valence-electron chi connectivity index (χ2n) is 9.09. The molecule has 0 saturated carbocycles. The molecule has 0 aliphatic carbocycles. The van der Waals surface area contributed by atoms with Gasteiger partial charge in [0.05, 0.1) is 42.5 Å². The van der Waals surface area contributed by atoms with Gasteiger partial charge in [-0.2, -0.15) is 0 Å². The number of hydrogen-bond acceptors (Lipinski definition) is 6. The van der Waals surface area contributed by atoms with Crippen molar-refractivity contribution in [2.75, 3.05) is 27.4 Å². The maximum absolute atomic E-state index is 13.3. The third-order valence-electron chi connectivity index (χ3n) is 6.61. The number of aliphatic hydroxyl groups excluding tert-OH is 1.